The van der Waals surface area contributed by atoms with Gasteiger partial charge in [-0.15, -0.1) is 0 Å². The van der Waals surface area contributed by atoms with Crippen LogP contribution in [-0.4, -0.2) is 37.4 Å². The number of fused-ring (bicyclic) bond motifs is 1. The van der Waals surface area contributed by atoms with E-state index in [0.29, 0.717) is 23.8 Å². The average Bonchev–Trinajstić information content (AvgIpc) is 3.29. The SMILES string of the molecule is COC1=C(OC)C(OC)CC(c2nc(CCc3ccco3)c3ccccc3n2)=C1. The highest BCUT2D eigenvalue weighted by Gasteiger charge is 2.28. The van der Waals surface area contributed by atoms with Gasteiger partial charge in [-0.05, 0) is 30.7 Å². The van der Waals surface area contributed by atoms with Crippen LogP contribution in [0, 0.1) is 0 Å². The first kappa shape index (κ1) is 19.2. The number of allylic oxidation sites excluding steroid dienone is 1. The topological polar surface area (TPSA) is 66.6 Å². The molecule has 3 aromatic rings. The molecule has 0 bridgehead atoms. The van der Waals surface area contributed by atoms with Crippen molar-refractivity contribution in [1.82, 2.24) is 9.97 Å². The molecule has 0 saturated carbocycles. The molecule has 150 valence electrons. The minimum atomic E-state index is -0.239. The van der Waals surface area contributed by atoms with Crippen LogP contribution in [0.15, 0.2) is 64.7 Å². The van der Waals surface area contributed by atoms with E-state index in [1.807, 2.05) is 36.4 Å². The maximum atomic E-state index is 5.62. The Morgan fingerprint density at radius 2 is 1.86 bits per heavy atom. The maximum absolute atomic E-state index is 5.62. The molecule has 0 fully saturated rings. The average molecular weight is 392 g/mol. The number of rotatable bonds is 7. The third-order valence-electron chi connectivity index (χ3n) is 5.13. The van der Waals surface area contributed by atoms with Crippen molar-refractivity contribution in [1.29, 1.82) is 0 Å². The molecule has 6 heteroatoms. The van der Waals surface area contributed by atoms with Gasteiger partial charge in [0.25, 0.3) is 0 Å². The van der Waals surface area contributed by atoms with Crippen LogP contribution in [0.1, 0.15) is 23.7 Å². The van der Waals surface area contributed by atoms with Gasteiger partial charge in [-0.1, -0.05) is 18.2 Å². The van der Waals surface area contributed by atoms with Gasteiger partial charge in [-0.25, -0.2) is 9.97 Å². The predicted octanol–water partition coefficient (Wildman–Crippen LogP) is 4.31. The van der Waals surface area contributed by atoms with E-state index in [2.05, 4.69) is 6.07 Å². The molecule has 0 aliphatic heterocycles. The number of ether oxygens (including phenoxy) is 3. The van der Waals surface area contributed by atoms with E-state index in [-0.39, 0.29) is 6.10 Å². The number of hydrogen-bond donors (Lipinski definition) is 0. The number of hydrogen-bond acceptors (Lipinski definition) is 6. The summed E-state index contributed by atoms with van der Waals surface area (Å²) in [6.45, 7) is 0. The number of nitrogens with zero attached hydrogens (tertiary/aromatic N) is 2. The summed E-state index contributed by atoms with van der Waals surface area (Å²) in [7, 11) is 4.91. The highest BCUT2D eigenvalue weighted by Crippen LogP contribution is 2.32. The van der Waals surface area contributed by atoms with E-state index in [9.17, 15) is 0 Å². The fourth-order valence-corrected chi connectivity index (χ4v) is 3.65. The second-order valence-electron chi connectivity index (χ2n) is 6.83. The number of methoxy groups -OCH3 is 3. The molecule has 6 nitrogen and oxygen atoms in total. The summed E-state index contributed by atoms with van der Waals surface area (Å²) in [6.07, 6.45) is 5.56. The summed E-state index contributed by atoms with van der Waals surface area (Å²) in [6, 6.07) is 12.0. The number of aromatic nitrogens is 2. The molecule has 4 rings (SSSR count). The largest absolute Gasteiger partial charge is 0.494 e. The number of para-hydroxylation sites is 1. The van der Waals surface area contributed by atoms with Gasteiger partial charge in [0.05, 0.1) is 31.7 Å². The van der Waals surface area contributed by atoms with Gasteiger partial charge in [0.15, 0.2) is 17.3 Å². The molecule has 29 heavy (non-hydrogen) atoms. The Balaban J connectivity index is 1.75. The van der Waals surface area contributed by atoms with Crippen LogP contribution >= 0.6 is 0 Å². The molecule has 0 radical (unpaired) electrons. The summed E-state index contributed by atoms with van der Waals surface area (Å²) in [5.41, 5.74) is 2.87. The lowest BCUT2D eigenvalue weighted by Gasteiger charge is -2.25. The third-order valence-corrected chi connectivity index (χ3v) is 5.13. The van der Waals surface area contributed by atoms with Crippen LogP contribution in [0.25, 0.3) is 16.5 Å². The molecule has 2 heterocycles. The number of aryl methyl sites for hydroxylation is 2. The van der Waals surface area contributed by atoms with Gasteiger partial charge >= 0.3 is 0 Å². The zero-order valence-corrected chi connectivity index (χ0v) is 16.8. The van der Waals surface area contributed by atoms with Crippen molar-refractivity contribution in [3.8, 4) is 0 Å². The van der Waals surface area contributed by atoms with E-state index in [1.54, 1.807) is 27.6 Å². The summed E-state index contributed by atoms with van der Waals surface area (Å²) < 4.78 is 22.1. The second kappa shape index (κ2) is 8.49. The van der Waals surface area contributed by atoms with Gasteiger partial charge in [-0.3, -0.25) is 0 Å². The van der Waals surface area contributed by atoms with Crippen LogP contribution in [0.5, 0.6) is 0 Å². The monoisotopic (exact) mass is 392 g/mol. The van der Waals surface area contributed by atoms with Crippen LogP contribution in [0.2, 0.25) is 0 Å². The first-order chi connectivity index (χ1) is 14.2. The number of furan rings is 1. The summed E-state index contributed by atoms with van der Waals surface area (Å²) in [5, 5.41) is 1.06. The van der Waals surface area contributed by atoms with Crippen molar-refractivity contribution in [2.75, 3.05) is 21.3 Å². The molecule has 1 aliphatic rings. The number of benzene rings is 1. The van der Waals surface area contributed by atoms with Crippen molar-refractivity contribution >= 4 is 16.5 Å². The molecule has 1 aromatic carbocycles. The maximum Gasteiger partial charge on any atom is 0.166 e. The quantitative estimate of drug-likeness (QED) is 0.597. The Kier molecular flexibility index (Phi) is 5.62. The van der Waals surface area contributed by atoms with Crippen LogP contribution in [-0.2, 0) is 27.1 Å². The molecule has 1 atom stereocenters. The Hall–Kier alpha value is -3.12. The smallest absolute Gasteiger partial charge is 0.166 e. The Labute approximate surface area is 169 Å². The van der Waals surface area contributed by atoms with Gasteiger partial charge in [-0.2, -0.15) is 0 Å². The lowest BCUT2D eigenvalue weighted by molar-refractivity contribution is 0.0691. The lowest BCUT2D eigenvalue weighted by Crippen LogP contribution is -2.22. The zero-order chi connectivity index (χ0) is 20.2. The molecule has 1 unspecified atom stereocenters. The molecule has 1 aliphatic carbocycles. The van der Waals surface area contributed by atoms with E-state index in [1.165, 1.54) is 0 Å². The summed E-state index contributed by atoms with van der Waals surface area (Å²) in [4.78, 5) is 9.73. The van der Waals surface area contributed by atoms with Crippen molar-refractivity contribution in [2.45, 2.75) is 25.4 Å². The van der Waals surface area contributed by atoms with Crippen LogP contribution < -0.4 is 0 Å². The molecular formula is C23H24N2O4. The normalized spacial score (nSPS) is 16.8. The first-order valence-electron chi connectivity index (χ1n) is 9.57. The molecule has 2 aromatic heterocycles. The van der Waals surface area contributed by atoms with E-state index < -0.39 is 0 Å². The Bertz CT molecular complexity index is 1050. The van der Waals surface area contributed by atoms with E-state index in [4.69, 9.17) is 28.6 Å². The minimum Gasteiger partial charge on any atom is -0.494 e. The van der Waals surface area contributed by atoms with Crippen molar-refractivity contribution in [2.24, 2.45) is 0 Å². The molecular weight excluding hydrogens is 368 g/mol. The van der Waals surface area contributed by atoms with Crippen molar-refractivity contribution < 1.29 is 18.6 Å². The van der Waals surface area contributed by atoms with E-state index in [0.717, 1.165) is 40.8 Å². The van der Waals surface area contributed by atoms with Gasteiger partial charge in [0.1, 0.15) is 11.9 Å². The van der Waals surface area contributed by atoms with Crippen molar-refractivity contribution in [3.63, 3.8) is 0 Å². The van der Waals surface area contributed by atoms with Crippen LogP contribution in [0.4, 0.5) is 0 Å². The molecule has 0 amide bonds. The third kappa shape index (κ3) is 3.89. The molecule has 0 N–H and O–H groups in total. The lowest BCUT2D eigenvalue weighted by atomic mass is 9.98. The zero-order valence-electron chi connectivity index (χ0n) is 16.8. The van der Waals surface area contributed by atoms with Crippen molar-refractivity contribution in [3.05, 3.63) is 77.5 Å². The van der Waals surface area contributed by atoms with E-state index >= 15 is 0 Å². The highest BCUT2D eigenvalue weighted by molar-refractivity contribution is 5.82. The Morgan fingerprint density at radius 3 is 2.59 bits per heavy atom. The van der Waals surface area contributed by atoms with Crippen LogP contribution in [0.3, 0.4) is 0 Å². The molecule has 0 saturated heterocycles. The standard InChI is InChI=1S/C23H24N2O4/c1-26-20-13-15(14-21(27-2)22(20)28-3)23-24-18-9-5-4-8-17(18)19(25-23)11-10-16-7-6-12-29-16/h4-9,12-13,21H,10-11,14H2,1-3H3. The first-order valence-corrected chi connectivity index (χ1v) is 9.57. The van der Waals surface area contributed by atoms with Gasteiger partial charge < -0.3 is 18.6 Å². The minimum absolute atomic E-state index is 0.239. The fraction of sp³-hybridized carbons (Fsp3) is 0.304. The summed E-state index contributed by atoms with van der Waals surface area (Å²) in [5.74, 6) is 2.94. The molecule has 0 spiro atoms. The van der Waals surface area contributed by atoms with Gasteiger partial charge in [0.2, 0.25) is 0 Å². The summed E-state index contributed by atoms with van der Waals surface area (Å²) >= 11 is 0. The second-order valence-corrected chi connectivity index (χ2v) is 6.83. The van der Waals surface area contributed by atoms with Gasteiger partial charge in [0, 0.05) is 30.9 Å². The highest BCUT2D eigenvalue weighted by atomic mass is 16.5. The Morgan fingerprint density at radius 1 is 1.00 bits per heavy atom. The predicted molar refractivity (Wildman–Crippen MR) is 110 cm³/mol. The fourth-order valence-electron chi connectivity index (χ4n) is 3.65.